The second-order valence-electron chi connectivity index (χ2n) is 5.95. The Morgan fingerprint density at radius 1 is 1.18 bits per heavy atom. The molecule has 0 atom stereocenters. The molecule has 3 rings (SSSR count). The Balaban J connectivity index is 1.69. The summed E-state index contributed by atoms with van der Waals surface area (Å²) in [6, 6.07) is 5.41. The number of hydrogen-bond donors (Lipinski definition) is 1. The van der Waals surface area contributed by atoms with Crippen molar-refractivity contribution >= 4 is 21.9 Å². The molecule has 0 spiro atoms. The molecule has 1 N–H and O–H groups in total. The van der Waals surface area contributed by atoms with E-state index in [2.05, 4.69) is 4.98 Å². The number of aromatic amines is 1. The molecule has 0 saturated carbocycles. The molecule has 28 heavy (non-hydrogen) atoms. The van der Waals surface area contributed by atoms with E-state index in [0.29, 0.717) is 0 Å². The number of aromatic nitrogens is 1. The lowest BCUT2D eigenvalue weighted by atomic mass is 10.2. The Labute approximate surface area is 160 Å². The predicted octanol–water partition coefficient (Wildman–Crippen LogP) is 0.291. The largest absolute Gasteiger partial charge is 0.460 e. The molecule has 11 heteroatoms. The van der Waals surface area contributed by atoms with Crippen LogP contribution in [0.3, 0.4) is 0 Å². The SMILES string of the molecule is CCOC(=O)c1ccc(S(=O)(=O)N2CCN(C(=O)c3ccc[nH]c3=O)CC2)o1. The van der Waals surface area contributed by atoms with Gasteiger partial charge in [-0.3, -0.25) is 9.59 Å². The van der Waals surface area contributed by atoms with Gasteiger partial charge in [-0.2, -0.15) is 4.31 Å². The number of furan rings is 1. The number of carbonyl (C=O) groups excluding carboxylic acids is 2. The number of sulfonamides is 1. The van der Waals surface area contributed by atoms with Crippen LogP contribution in [0.25, 0.3) is 0 Å². The Morgan fingerprint density at radius 2 is 1.89 bits per heavy atom. The van der Waals surface area contributed by atoms with Crippen LogP contribution in [-0.4, -0.2) is 67.3 Å². The molecule has 1 fully saturated rings. The first-order valence-electron chi connectivity index (χ1n) is 8.58. The predicted molar refractivity (Wildman–Crippen MR) is 96.4 cm³/mol. The van der Waals surface area contributed by atoms with Crippen LogP contribution in [0, 0.1) is 0 Å². The fourth-order valence-electron chi connectivity index (χ4n) is 2.79. The van der Waals surface area contributed by atoms with Crippen molar-refractivity contribution < 1.29 is 27.2 Å². The first kappa shape index (κ1) is 19.8. The molecule has 2 aromatic heterocycles. The third-order valence-corrected chi connectivity index (χ3v) is 6.00. The van der Waals surface area contributed by atoms with E-state index in [9.17, 15) is 22.8 Å². The highest BCUT2D eigenvalue weighted by Gasteiger charge is 2.33. The van der Waals surface area contributed by atoms with Gasteiger partial charge >= 0.3 is 5.97 Å². The third-order valence-electron chi connectivity index (χ3n) is 4.23. The van der Waals surface area contributed by atoms with E-state index < -0.39 is 27.5 Å². The summed E-state index contributed by atoms with van der Waals surface area (Å²) in [5.41, 5.74) is -0.492. The van der Waals surface area contributed by atoms with Crippen molar-refractivity contribution in [1.82, 2.24) is 14.2 Å². The van der Waals surface area contributed by atoms with Crippen LogP contribution in [0.2, 0.25) is 0 Å². The minimum atomic E-state index is -3.96. The van der Waals surface area contributed by atoms with E-state index in [1.54, 1.807) is 13.0 Å². The fraction of sp³-hybridized carbons (Fsp3) is 0.353. The number of esters is 1. The highest BCUT2D eigenvalue weighted by molar-refractivity contribution is 7.89. The second kappa shape index (κ2) is 7.98. The number of carbonyl (C=O) groups is 2. The van der Waals surface area contributed by atoms with Crippen LogP contribution in [0.1, 0.15) is 27.8 Å². The van der Waals surface area contributed by atoms with Crippen LogP contribution < -0.4 is 5.56 Å². The third kappa shape index (κ3) is 3.85. The van der Waals surface area contributed by atoms with Crippen molar-refractivity contribution in [3.05, 3.63) is 52.1 Å². The van der Waals surface area contributed by atoms with E-state index in [1.807, 2.05) is 0 Å². The summed E-state index contributed by atoms with van der Waals surface area (Å²) in [4.78, 5) is 39.7. The fourth-order valence-corrected chi connectivity index (χ4v) is 4.12. The van der Waals surface area contributed by atoms with Crippen LogP contribution in [-0.2, 0) is 14.8 Å². The molecular formula is C17H19N3O7S. The minimum Gasteiger partial charge on any atom is -0.460 e. The number of amides is 1. The summed E-state index contributed by atoms with van der Waals surface area (Å²) in [5, 5.41) is -0.366. The lowest BCUT2D eigenvalue weighted by Crippen LogP contribution is -2.51. The Hall–Kier alpha value is -2.92. The van der Waals surface area contributed by atoms with Crippen LogP contribution in [0.15, 0.2) is 44.8 Å². The van der Waals surface area contributed by atoms with E-state index in [1.165, 1.54) is 33.6 Å². The zero-order valence-corrected chi connectivity index (χ0v) is 15.9. The number of hydrogen-bond acceptors (Lipinski definition) is 7. The zero-order valence-electron chi connectivity index (χ0n) is 15.1. The highest BCUT2D eigenvalue weighted by atomic mass is 32.2. The van der Waals surface area contributed by atoms with Gasteiger partial charge in [0.1, 0.15) is 5.56 Å². The van der Waals surface area contributed by atoms with Gasteiger partial charge in [-0.1, -0.05) is 0 Å². The van der Waals surface area contributed by atoms with Crippen molar-refractivity contribution in [2.75, 3.05) is 32.8 Å². The zero-order chi connectivity index (χ0) is 20.3. The van der Waals surface area contributed by atoms with E-state index in [-0.39, 0.29) is 49.2 Å². The summed E-state index contributed by atoms with van der Waals surface area (Å²) >= 11 is 0. The van der Waals surface area contributed by atoms with Gasteiger partial charge in [0.2, 0.25) is 10.9 Å². The number of nitrogens with zero attached hydrogens (tertiary/aromatic N) is 2. The van der Waals surface area contributed by atoms with Crippen LogP contribution in [0.4, 0.5) is 0 Å². The maximum atomic E-state index is 12.7. The Bertz CT molecular complexity index is 1030. The Kier molecular flexibility index (Phi) is 5.66. The molecule has 0 radical (unpaired) electrons. The van der Waals surface area contributed by atoms with Crippen LogP contribution in [0.5, 0.6) is 0 Å². The summed E-state index contributed by atoms with van der Waals surface area (Å²) in [5.74, 6) is -1.40. The van der Waals surface area contributed by atoms with Crippen LogP contribution >= 0.6 is 0 Å². The van der Waals surface area contributed by atoms with Gasteiger partial charge < -0.3 is 19.0 Å². The molecule has 1 amide bonds. The molecule has 0 bridgehead atoms. The minimum absolute atomic E-state index is 0.00363. The van der Waals surface area contributed by atoms with E-state index in [4.69, 9.17) is 9.15 Å². The highest BCUT2D eigenvalue weighted by Crippen LogP contribution is 2.21. The van der Waals surface area contributed by atoms with Gasteiger partial charge in [0.15, 0.2) is 0 Å². The monoisotopic (exact) mass is 409 g/mol. The summed E-state index contributed by atoms with van der Waals surface area (Å²) < 4.78 is 36.5. The smallest absolute Gasteiger partial charge is 0.374 e. The molecule has 3 heterocycles. The topological polar surface area (TPSA) is 130 Å². The van der Waals surface area contributed by atoms with Crippen molar-refractivity contribution in [2.24, 2.45) is 0 Å². The lowest BCUT2D eigenvalue weighted by molar-refractivity contribution is 0.0483. The normalized spacial score (nSPS) is 15.4. The molecule has 2 aromatic rings. The molecular weight excluding hydrogens is 390 g/mol. The number of rotatable bonds is 5. The molecule has 10 nitrogen and oxygen atoms in total. The maximum Gasteiger partial charge on any atom is 0.374 e. The van der Waals surface area contributed by atoms with Gasteiger partial charge in [0.25, 0.3) is 21.5 Å². The standard InChI is InChI=1S/C17H19N3O7S/c1-2-26-17(23)13-5-6-14(27-13)28(24,25)20-10-8-19(9-11-20)16(22)12-4-3-7-18-15(12)21/h3-7H,2,8-11H2,1H3,(H,18,21). The number of ether oxygens (including phenoxy) is 1. The van der Waals surface area contributed by atoms with Gasteiger partial charge in [-0.25, -0.2) is 13.2 Å². The van der Waals surface area contributed by atoms with Gasteiger partial charge in [0.05, 0.1) is 6.61 Å². The van der Waals surface area contributed by atoms with E-state index in [0.717, 1.165) is 0 Å². The molecule has 0 unspecified atom stereocenters. The summed E-state index contributed by atoms with van der Waals surface area (Å²) in [6.07, 6.45) is 1.43. The van der Waals surface area contributed by atoms with Crippen molar-refractivity contribution in [3.63, 3.8) is 0 Å². The summed E-state index contributed by atoms with van der Waals surface area (Å²) in [6.45, 7) is 2.09. The number of pyridine rings is 1. The number of piperazine rings is 1. The molecule has 1 aliphatic heterocycles. The second-order valence-corrected chi connectivity index (χ2v) is 7.82. The maximum absolute atomic E-state index is 12.7. The van der Waals surface area contributed by atoms with Gasteiger partial charge in [-0.15, -0.1) is 0 Å². The van der Waals surface area contributed by atoms with E-state index >= 15 is 0 Å². The van der Waals surface area contributed by atoms with Crippen molar-refractivity contribution in [1.29, 1.82) is 0 Å². The quantitative estimate of drug-likeness (QED) is 0.703. The number of H-pyrrole nitrogens is 1. The average Bonchev–Trinajstić information content (AvgIpc) is 3.19. The molecule has 0 aliphatic carbocycles. The number of nitrogens with one attached hydrogen (secondary N) is 1. The lowest BCUT2D eigenvalue weighted by Gasteiger charge is -2.33. The molecule has 1 aliphatic rings. The molecule has 150 valence electrons. The molecule has 1 saturated heterocycles. The van der Waals surface area contributed by atoms with Crippen molar-refractivity contribution in [2.45, 2.75) is 12.0 Å². The average molecular weight is 409 g/mol. The van der Waals surface area contributed by atoms with Gasteiger partial charge in [-0.05, 0) is 31.2 Å². The first-order chi connectivity index (χ1) is 13.3. The van der Waals surface area contributed by atoms with Crippen molar-refractivity contribution in [3.8, 4) is 0 Å². The molecule has 0 aromatic carbocycles. The Morgan fingerprint density at radius 3 is 2.54 bits per heavy atom. The first-order valence-corrected chi connectivity index (χ1v) is 10.0. The van der Waals surface area contributed by atoms with Gasteiger partial charge in [0, 0.05) is 32.4 Å². The summed E-state index contributed by atoms with van der Waals surface area (Å²) in [7, 11) is -3.96.